The van der Waals surface area contributed by atoms with Crippen LogP contribution in [0.4, 0.5) is 0 Å². The van der Waals surface area contributed by atoms with Gasteiger partial charge in [0, 0.05) is 15.0 Å². The van der Waals surface area contributed by atoms with Gasteiger partial charge in [-0.1, -0.05) is 64.0 Å². The Kier molecular flexibility index (Phi) is 3.26. The molecule has 0 N–H and O–H groups in total. The zero-order valence-electron chi connectivity index (χ0n) is 11.6. The van der Waals surface area contributed by atoms with E-state index in [9.17, 15) is 0 Å². The van der Waals surface area contributed by atoms with Gasteiger partial charge in [-0.15, -0.1) is 0 Å². The minimum absolute atomic E-state index is 0.581. The third-order valence-electron chi connectivity index (χ3n) is 4.18. The van der Waals surface area contributed by atoms with Crippen LogP contribution in [0.15, 0.2) is 52.5 Å². The molecule has 0 aromatic heterocycles. The van der Waals surface area contributed by atoms with Gasteiger partial charge in [-0.3, -0.25) is 0 Å². The fourth-order valence-corrected chi connectivity index (χ4v) is 6.95. The van der Waals surface area contributed by atoms with Gasteiger partial charge in [-0.25, -0.2) is 10.0 Å². The molecule has 0 radical (unpaired) electrons. The Morgan fingerprint density at radius 3 is 2.47 bits per heavy atom. The van der Waals surface area contributed by atoms with Crippen LogP contribution in [0.25, 0.3) is 6.08 Å². The first kappa shape index (κ1) is 13.3. The van der Waals surface area contributed by atoms with Gasteiger partial charge in [0.25, 0.3) is 0 Å². The molecule has 0 spiro atoms. The van der Waals surface area contributed by atoms with Gasteiger partial charge in [0.05, 0.1) is 0 Å². The van der Waals surface area contributed by atoms with Crippen LogP contribution in [-0.4, -0.2) is 17.8 Å². The largest absolute Gasteiger partial charge is 0.227 e. The summed E-state index contributed by atoms with van der Waals surface area (Å²) in [6.07, 6.45) is 16.4. The van der Waals surface area contributed by atoms with Gasteiger partial charge in [-0.05, 0) is 36.6 Å². The Morgan fingerprint density at radius 1 is 1.11 bits per heavy atom. The van der Waals surface area contributed by atoms with E-state index in [0.717, 1.165) is 0 Å². The van der Waals surface area contributed by atoms with Crippen molar-refractivity contribution in [2.24, 2.45) is 0 Å². The molecule has 0 nitrogen and oxygen atoms in total. The van der Waals surface area contributed by atoms with Crippen molar-refractivity contribution in [3.05, 3.63) is 63.7 Å². The SMILES string of the molecule is CC1=Cc2c(Br)cccc2C1S(C)(C)C1C=CC=C1. The minimum atomic E-state index is -0.781. The maximum atomic E-state index is 3.69. The molecule has 1 unspecified atom stereocenters. The molecule has 0 amide bonds. The highest BCUT2D eigenvalue weighted by Gasteiger charge is 2.37. The average molecular weight is 335 g/mol. The van der Waals surface area contributed by atoms with Crippen molar-refractivity contribution < 1.29 is 0 Å². The second-order valence-electron chi connectivity index (χ2n) is 5.73. The number of hydrogen-bond acceptors (Lipinski definition) is 0. The van der Waals surface area contributed by atoms with Crippen LogP contribution in [0.5, 0.6) is 0 Å². The first-order valence-electron chi connectivity index (χ1n) is 6.54. The topological polar surface area (TPSA) is 0 Å². The van der Waals surface area contributed by atoms with Crippen molar-refractivity contribution in [1.82, 2.24) is 0 Å². The van der Waals surface area contributed by atoms with E-state index in [-0.39, 0.29) is 0 Å². The Hall–Kier alpha value is -0.730. The van der Waals surface area contributed by atoms with Crippen LogP contribution in [0, 0.1) is 0 Å². The number of fused-ring (bicyclic) bond motifs is 1. The molecule has 19 heavy (non-hydrogen) atoms. The predicted octanol–water partition coefficient (Wildman–Crippen LogP) is 5.47. The van der Waals surface area contributed by atoms with Gasteiger partial charge < -0.3 is 0 Å². The number of rotatable bonds is 2. The zero-order chi connectivity index (χ0) is 13.6. The van der Waals surface area contributed by atoms with Gasteiger partial charge in [0.2, 0.25) is 0 Å². The first-order chi connectivity index (χ1) is 9.01. The standard InChI is InChI=1S/C17H19BrS/c1-12-11-15-14(9-6-10-16(15)18)17(12)19(2,3)13-7-4-5-8-13/h4-11,13,17H,1-3H3. The van der Waals surface area contributed by atoms with Crippen LogP contribution in [0.3, 0.4) is 0 Å². The van der Waals surface area contributed by atoms with E-state index in [0.29, 0.717) is 10.5 Å². The number of allylic oxidation sites excluding steroid dienone is 2. The van der Waals surface area contributed by atoms with E-state index in [4.69, 9.17) is 0 Å². The molecule has 2 aliphatic rings. The lowest BCUT2D eigenvalue weighted by atomic mass is 10.1. The Morgan fingerprint density at radius 2 is 1.79 bits per heavy atom. The highest BCUT2D eigenvalue weighted by molar-refractivity contribution is 9.10. The lowest BCUT2D eigenvalue weighted by Crippen LogP contribution is -2.18. The molecular weight excluding hydrogens is 316 g/mol. The number of hydrogen-bond donors (Lipinski definition) is 0. The van der Waals surface area contributed by atoms with Crippen molar-refractivity contribution in [2.75, 3.05) is 12.5 Å². The maximum Gasteiger partial charge on any atom is 0.0361 e. The molecular formula is C17H19BrS. The summed E-state index contributed by atoms with van der Waals surface area (Å²) in [5, 5.41) is 1.18. The summed E-state index contributed by atoms with van der Waals surface area (Å²) < 4.78 is 1.22. The molecule has 0 aliphatic heterocycles. The van der Waals surface area contributed by atoms with Crippen molar-refractivity contribution in [3.63, 3.8) is 0 Å². The lowest BCUT2D eigenvalue weighted by molar-refractivity contribution is 1.12. The van der Waals surface area contributed by atoms with Crippen LogP contribution in [-0.2, 0) is 0 Å². The fraction of sp³-hybridized carbons (Fsp3) is 0.294. The monoisotopic (exact) mass is 334 g/mol. The number of halogens is 1. The van der Waals surface area contributed by atoms with Crippen molar-refractivity contribution in [3.8, 4) is 0 Å². The molecule has 0 fully saturated rings. The zero-order valence-corrected chi connectivity index (χ0v) is 14.0. The smallest absolute Gasteiger partial charge is 0.0361 e. The second kappa shape index (κ2) is 4.68. The molecule has 2 aliphatic carbocycles. The molecule has 1 atom stereocenters. The normalized spacial score (nSPS) is 22.7. The van der Waals surface area contributed by atoms with Crippen molar-refractivity contribution >= 4 is 32.0 Å². The fourth-order valence-electron chi connectivity index (χ4n) is 3.26. The molecule has 2 heteroatoms. The second-order valence-corrected chi connectivity index (χ2v) is 10.6. The van der Waals surface area contributed by atoms with Gasteiger partial charge >= 0.3 is 0 Å². The number of benzene rings is 1. The highest BCUT2D eigenvalue weighted by Crippen LogP contribution is 2.65. The molecule has 100 valence electrons. The molecule has 3 rings (SSSR count). The van der Waals surface area contributed by atoms with Crippen molar-refractivity contribution in [2.45, 2.75) is 17.4 Å². The van der Waals surface area contributed by atoms with E-state index in [1.54, 1.807) is 0 Å². The first-order valence-corrected chi connectivity index (χ1v) is 9.91. The molecule has 0 saturated carbocycles. The summed E-state index contributed by atoms with van der Waals surface area (Å²) >= 11 is 3.69. The Bertz CT molecular complexity index is 596. The molecule has 1 aromatic rings. The van der Waals surface area contributed by atoms with Gasteiger partial charge in [-0.2, -0.15) is 0 Å². The Balaban J connectivity index is 2.08. The van der Waals surface area contributed by atoms with Crippen LogP contribution in [0.1, 0.15) is 23.3 Å². The van der Waals surface area contributed by atoms with E-state index >= 15 is 0 Å². The molecule has 0 bridgehead atoms. The predicted molar refractivity (Wildman–Crippen MR) is 92.0 cm³/mol. The summed E-state index contributed by atoms with van der Waals surface area (Å²) in [4.78, 5) is 0. The molecule has 0 saturated heterocycles. The molecule has 0 heterocycles. The summed E-state index contributed by atoms with van der Waals surface area (Å²) in [6, 6.07) is 6.61. The van der Waals surface area contributed by atoms with E-state index in [2.05, 4.69) is 83.9 Å². The van der Waals surface area contributed by atoms with Crippen LogP contribution >= 0.6 is 26.0 Å². The van der Waals surface area contributed by atoms with Crippen molar-refractivity contribution in [1.29, 1.82) is 0 Å². The van der Waals surface area contributed by atoms with E-state index in [1.165, 1.54) is 21.2 Å². The third-order valence-corrected chi connectivity index (χ3v) is 8.43. The van der Waals surface area contributed by atoms with E-state index in [1.807, 2.05) is 0 Å². The molecule has 1 aromatic carbocycles. The Labute approximate surface area is 125 Å². The summed E-state index contributed by atoms with van der Waals surface area (Å²) in [7, 11) is -0.781. The minimum Gasteiger partial charge on any atom is -0.227 e. The lowest BCUT2D eigenvalue weighted by Gasteiger charge is -2.43. The third kappa shape index (κ3) is 2.05. The highest BCUT2D eigenvalue weighted by atomic mass is 79.9. The maximum absolute atomic E-state index is 3.69. The van der Waals surface area contributed by atoms with Gasteiger partial charge in [0.15, 0.2) is 0 Å². The van der Waals surface area contributed by atoms with Crippen LogP contribution < -0.4 is 0 Å². The van der Waals surface area contributed by atoms with Crippen LogP contribution in [0.2, 0.25) is 0 Å². The summed E-state index contributed by atoms with van der Waals surface area (Å²) in [5.41, 5.74) is 4.40. The quantitative estimate of drug-likeness (QED) is 0.673. The average Bonchev–Trinajstić information content (AvgIpc) is 2.96. The summed E-state index contributed by atoms with van der Waals surface area (Å²) in [5.74, 6) is 0. The van der Waals surface area contributed by atoms with Gasteiger partial charge in [0.1, 0.15) is 0 Å². The summed E-state index contributed by atoms with van der Waals surface area (Å²) in [6.45, 7) is 2.29. The van der Waals surface area contributed by atoms with E-state index < -0.39 is 10.0 Å².